The fourth-order valence-electron chi connectivity index (χ4n) is 1.81. The van der Waals surface area contributed by atoms with Crippen molar-refractivity contribution in [2.24, 2.45) is 0 Å². The Morgan fingerprint density at radius 1 is 1.00 bits per heavy atom. The molecule has 2 aromatic rings. The summed E-state index contributed by atoms with van der Waals surface area (Å²) in [6.07, 6.45) is 0. The van der Waals surface area contributed by atoms with E-state index in [1.165, 1.54) is 5.56 Å². The monoisotopic (exact) mass is 295 g/mol. The molecule has 2 nitrogen and oxygen atoms in total. The third kappa shape index (κ3) is 3.55. The zero-order valence-electron chi connectivity index (χ0n) is 10.8. The molecule has 4 heteroatoms. The average Bonchev–Trinajstić information content (AvgIpc) is 2.43. The summed E-state index contributed by atoms with van der Waals surface area (Å²) in [6, 6.07) is 13.7. The van der Waals surface area contributed by atoms with Gasteiger partial charge in [0, 0.05) is 11.7 Å². The first-order valence-corrected chi connectivity index (χ1v) is 6.71. The maximum atomic E-state index is 5.99. The maximum Gasteiger partial charge on any atom is 0.118 e. The summed E-state index contributed by atoms with van der Waals surface area (Å²) < 4.78 is 5.14. The molecule has 0 radical (unpaired) electrons. The smallest absolute Gasteiger partial charge is 0.118 e. The van der Waals surface area contributed by atoms with Gasteiger partial charge in [-0.25, -0.2) is 0 Å². The van der Waals surface area contributed by atoms with Crippen LogP contribution in [-0.2, 0) is 0 Å². The Morgan fingerprint density at radius 2 is 1.68 bits per heavy atom. The number of ether oxygens (including phenoxy) is 1. The van der Waals surface area contributed by atoms with Crippen LogP contribution in [0.15, 0.2) is 42.5 Å². The predicted molar refractivity (Wildman–Crippen MR) is 81.5 cm³/mol. The Balaban J connectivity index is 2.10. The lowest BCUT2D eigenvalue weighted by molar-refractivity contribution is 0.414. The van der Waals surface area contributed by atoms with E-state index in [1.807, 2.05) is 36.4 Å². The van der Waals surface area contributed by atoms with Gasteiger partial charge in [0.05, 0.1) is 17.2 Å². The second-order valence-electron chi connectivity index (χ2n) is 4.27. The van der Waals surface area contributed by atoms with E-state index in [0.717, 1.165) is 11.4 Å². The van der Waals surface area contributed by atoms with Crippen molar-refractivity contribution in [3.63, 3.8) is 0 Å². The zero-order chi connectivity index (χ0) is 13.8. The number of anilines is 1. The van der Waals surface area contributed by atoms with Crippen molar-refractivity contribution in [3.05, 3.63) is 58.1 Å². The van der Waals surface area contributed by atoms with Gasteiger partial charge in [0.25, 0.3) is 0 Å². The van der Waals surface area contributed by atoms with Crippen LogP contribution in [0.2, 0.25) is 10.0 Å². The minimum atomic E-state index is 0.170. The van der Waals surface area contributed by atoms with Gasteiger partial charge < -0.3 is 10.1 Å². The largest absolute Gasteiger partial charge is 0.497 e. The molecule has 19 heavy (non-hydrogen) atoms. The summed E-state index contributed by atoms with van der Waals surface area (Å²) in [5, 5.41) is 4.49. The number of nitrogens with one attached hydrogen (secondary N) is 1. The molecule has 1 unspecified atom stereocenters. The molecule has 0 fully saturated rings. The number of halogens is 2. The normalized spacial score (nSPS) is 12.0. The third-order valence-corrected chi connectivity index (χ3v) is 3.66. The van der Waals surface area contributed by atoms with E-state index >= 15 is 0 Å². The molecule has 0 saturated heterocycles. The number of rotatable bonds is 4. The molecular formula is C15H15Cl2NO. The van der Waals surface area contributed by atoms with Gasteiger partial charge in [-0.1, -0.05) is 35.3 Å². The van der Waals surface area contributed by atoms with Crippen molar-refractivity contribution in [2.45, 2.75) is 13.0 Å². The molecule has 2 rings (SSSR count). The van der Waals surface area contributed by atoms with Crippen LogP contribution in [0.5, 0.6) is 5.75 Å². The van der Waals surface area contributed by atoms with Gasteiger partial charge in [0.2, 0.25) is 0 Å². The minimum absolute atomic E-state index is 0.170. The lowest BCUT2D eigenvalue weighted by Crippen LogP contribution is -2.06. The summed E-state index contributed by atoms with van der Waals surface area (Å²) in [5.74, 6) is 0.852. The van der Waals surface area contributed by atoms with Crippen molar-refractivity contribution >= 4 is 28.9 Å². The highest BCUT2D eigenvalue weighted by atomic mass is 35.5. The maximum absolute atomic E-state index is 5.99. The molecule has 0 saturated carbocycles. The third-order valence-electron chi connectivity index (χ3n) is 2.92. The molecule has 2 aromatic carbocycles. The first-order chi connectivity index (χ1) is 9.10. The highest BCUT2D eigenvalue weighted by Crippen LogP contribution is 2.27. The SMILES string of the molecule is COc1ccc(C(C)Nc2ccc(Cl)c(Cl)c2)cc1. The molecule has 0 amide bonds. The van der Waals surface area contributed by atoms with Crippen LogP contribution in [0.3, 0.4) is 0 Å². The van der Waals surface area contributed by atoms with Crippen molar-refractivity contribution in [1.82, 2.24) is 0 Å². The fraction of sp³-hybridized carbons (Fsp3) is 0.200. The Bertz CT molecular complexity index is 555. The predicted octanol–water partition coefficient (Wildman–Crippen LogP) is 5.18. The Morgan fingerprint density at radius 3 is 2.26 bits per heavy atom. The summed E-state index contributed by atoms with van der Waals surface area (Å²) in [5.41, 5.74) is 2.12. The van der Waals surface area contributed by atoms with Gasteiger partial charge in [-0.2, -0.15) is 0 Å². The average molecular weight is 296 g/mol. The molecule has 0 bridgehead atoms. The van der Waals surface area contributed by atoms with Crippen LogP contribution < -0.4 is 10.1 Å². The van der Waals surface area contributed by atoms with Crippen molar-refractivity contribution in [2.75, 3.05) is 12.4 Å². The highest BCUT2D eigenvalue weighted by molar-refractivity contribution is 6.42. The number of hydrogen-bond donors (Lipinski definition) is 1. The topological polar surface area (TPSA) is 21.3 Å². The summed E-state index contributed by atoms with van der Waals surface area (Å²) in [7, 11) is 1.66. The van der Waals surface area contributed by atoms with Gasteiger partial charge in [-0.05, 0) is 42.8 Å². The van der Waals surface area contributed by atoms with E-state index in [2.05, 4.69) is 12.2 Å². The molecule has 0 spiro atoms. The standard InChI is InChI=1S/C15H15Cl2NO/c1-10(11-3-6-13(19-2)7-4-11)18-12-5-8-14(16)15(17)9-12/h3-10,18H,1-2H3. The molecule has 0 aliphatic heterocycles. The Hall–Kier alpha value is -1.38. The van der Waals surface area contributed by atoms with Crippen LogP contribution in [0.4, 0.5) is 5.69 Å². The summed E-state index contributed by atoms with van der Waals surface area (Å²) >= 11 is 11.9. The van der Waals surface area contributed by atoms with Gasteiger partial charge in [-0.15, -0.1) is 0 Å². The van der Waals surface area contributed by atoms with E-state index in [1.54, 1.807) is 13.2 Å². The zero-order valence-corrected chi connectivity index (χ0v) is 12.3. The fourth-order valence-corrected chi connectivity index (χ4v) is 2.11. The second kappa shape index (κ2) is 6.18. The second-order valence-corrected chi connectivity index (χ2v) is 5.08. The molecule has 1 N–H and O–H groups in total. The van der Waals surface area contributed by atoms with Crippen LogP contribution in [0.25, 0.3) is 0 Å². The number of hydrogen-bond acceptors (Lipinski definition) is 2. The molecule has 100 valence electrons. The lowest BCUT2D eigenvalue weighted by Gasteiger charge is -2.16. The molecule has 0 aromatic heterocycles. The lowest BCUT2D eigenvalue weighted by atomic mass is 10.1. The molecule has 0 heterocycles. The molecular weight excluding hydrogens is 281 g/mol. The summed E-state index contributed by atoms with van der Waals surface area (Å²) in [4.78, 5) is 0. The van der Waals surface area contributed by atoms with Gasteiger partial charge in [0.15, 0.2) is 0 Å². The first-order valence-electron chi connectivity index (χ1n) is 5.95. The number of methoxy groups -OCH3 is 1. The van der Waals surface area contributed by atoms with E-state index in [9.17, 15) is 0 Å². The van der Waals surface area contributed by atoms with Gasteiger partial charge in [0.1, 0.15) is 5.75 Å². The van der Waals surface area contributed by atoms with Crippen LogP contribution in [0, 0.1) is 0 Å². The van der Waals surface area contributed by atoms with Crippen LogP contribution in [0.1, 0.15) is 18.5 Å². The van der Waals surface area contributed by atoms with E-state index in [4.69, 9.17) is 27.9 Å². The number of benzene rings is 2. The quantitative estimate of drug-likeness (QED) is 0.839. The van der Waals surface area contributed by atoms with Crippen LogP contribution >= 0.6 is 23.2 Å². The van der Waals surface area contributed by atoms with Gasteiger partial charge in [-0.3, -0.25) is 0 Å². The summed E-state index contributed by atoms with van der Waals surface area (Å²) in [6.45, 7) is 2.09. The van der Waals surface area contributed by atoms with Crippen molar-refractivity contribution in [1.29, 1.82) is 0 Å². The molecule has 0 aliphatic rings. The van der Waals surface area contributed by atoms with Crippen molar-refractivity contribution in [3.8, 4) is 5.75 Å². The first kappa shape index (κ1) is 14.0. The highest BCUT2D eigenvalue weighted by Gasteiger charge is 2.06. The minimum Gasteiger partial charge on any atom is -0.497 e. The Kier molecular flexibility index (Phi) is 4.56. The van der Waals surface area contributed by atoms with Crippen molar-refractivity contribution < 1.29 is 4.74 Å². The van der Waals surface area contributed by atoms with Gasteiger partial charge >= 0.3 is 0 Å². The van der Waals surface area contributed by atoms with E-state index in [-0.39, 0.29) is 6.04 Å². The van der Waals surface area contributed by atoms with E-state index < -0.39 is 0 Å². The van der Waals surface area contributed by atoms with Crippen LogP contribution in [-0.4, -0.2) is 7.11 Å². The van der Waals surface area contributed by atoms with E-state index in [0.29, 0.717) is 10.0 Å². The molecule has 1 atom stereocenters. The Labute approximate surface area is 123 Å². The molecule has 0 aliphatic carbocycles.